The van der Waals surface area contributed by atoms with Crippen LogP contribution in [0.2, 0.25) is 0 Å². The first-order chi connectivity index (χ1) is 11.1. The largest absolute Gasteiger partial charge is 0.507 e. The molecule has 1 aliphatic heterocycles. The third kappa shape index (κ3) is 4.12. The van der Waals surface area contributed by atoms with Gasteiger partial charge in [-0.2, -0.15) is 0 Å². The predicted molar refractivity (Wildman–Crippen MR) is 103 cm³/mol. The second kappa shape index (κ2) is 7.05. The van der Waals surface area contributed by atoms with Crippen molar-refractivity contribution < 1.29 is 5.11 Å². The van der Waals surface area contributed by atoms with Crippen molar-refractivity contribution in [3.63, 3.8) is 0 Å². The van der Waals surface area contributed by atoms with Crippen molar-refractivity contribution in [1.29, 1.82) is 0 Å². The molecule has 1 saturated heterocycles. The normalized spacial score (nSPS) is 18.6. The molecule has 0 amide bonds. The quantitative estimate of drug-likeness (QED) is 0.864. The van der Waals surface area contributed by atoms with Crippen LogP contribution in [0.5, 0.6) is 5.75 Å². The first-order valence-corrected chi connectivity index (χ1v) is 9.38. The van der Waals surface area contributed by atoms with E-state index < -0.39 is 0 Å². The summed E-state index contributed by atoms with van der Waals surface area (Å²) in [5.41, 5.74) is 3.50. The first kappa shape index (κ1) is 19.3. The number of aromatic hydroxyl groups is 1. The van der Waals surface area contributed by atoms with Crippen molar-refractivity contribution in [1.82, 2.24) is 10.2 Å². The molecular formula is C21H36N2O. The number of phenolic OH excluding ortho intramolecular Hbond substituents is 1. The average molecular weight is 333 g/mol. The number of benzene rings is 1. The van der Waals surface area contributed by atoms with E-state index >= 15 is 0 Å². The molecule has 1 aromatic carbocycles. The lowest BCUT2D eigenvalue weighted by Gasteiger charge is -2.37. The van der Waals surface area contributed by atoms with Crippen molar-refractivity contribution in [2.75, 3.05) is 26.2 Å². The van der Waals surface area contributed by atoms with Gasteiger partial charge < -0.3 is 10.4 Å². The molecule has 1 aromatic rings. The minimum absolute atomic E-state index is 0.0676. The third-order valence-electron chi connectivity index (χ3n) is 5.15. The van der Waals surface area contributed by atoms with Gasteiger partial charge in [0.05, 0.1) is 0 Å². The van der Waals surface area contributed by atoms with E-state index in [1.165, 1.54) is 5.56 Å². The zero-order valence-corrected chi connectivity index (χ0v) is 16.7. The number of phenols is 1. The van der Waals surface area contributed by atoms with Crippen LogP contribution in [-0.4, -0.2) is 36.2 Å². The lowest BCUT2D eigenvalue weighted by Crippen LogP contribution is -2.45. The number of rotatable bonds is 3. The van der Waals surface area contributed by atoms with Crippen LogP contribution in [-0.2, 0) is 10.8 Å². The molecule has 0 radical (unpaired) electrons. The number of nitrogens with one attached hydrogen (secondary N) is 1. The molecule has 1 atom stereocenters. The van der Waals surface area contributed by atoms with Gasteiger partial charge in [0.15, 0.2) is 0 Å². The van der Waals surface area contributed by atoms with Gasteiger partial charge in [-0.1, -0.05) is 54.5 Å². The van der Waals surface area contributed by atoms with E-state index in [4.69, 9.17) is 0 Å². The lowest BCUT2D eigenvalue weighted by molar-refractivity contribution is 0.166. The summed E-state index contributed by atoms with van der Waals surface area (Å²) in [4.78, 5) is 2.52. The molecule has 3 nitrogen and oxygen atoms in total. The Bertz CT molecular complexity index is 560. The van der Waals surface area contributed by atoms with E-state index in [0.717, 1.165) is 43.7 Å². The highest BCUT2D eigenvalue weighted by Gasteiger charge is 2.29. The standard InChI is InChI=1S/C21H36N2O/c1-8-18(23-11-9-22-10-12-23)16-13-15(20(2,3)4)14-17(19(16)24)21(5,6)7/h13-14,18,22,24H,8-12H2,1-7H3/t18-/m1/s1. The topological polar surface area (TPSA) is 35.5 Å². The maximum atomic E-state index is 11.1. The van der Waals surface area contributed by atoms with Gasteiger partial charge >= 0.3 is 0 Å². The van der Waals surface area contributed by atoms with Gasteiger partial charge in [0.2, 0.25) is 0 Å². The van der Waals surface area contributed by atoms with Crippen LogP contribution >= 0.6 is 0 Å². The van der Waals surface area contributed by atoms with Crippen molar-refractivity contribution in [2.24, 2.45) is 0 Å². The molecule has 0 bridgehead atoms. The Morgan fingerprint density at radius 3 is 2.08 bits per heavy atom. The summed E-state index contributed by atoms with van der Waals surface area (Å²) in [6.07, 6.45) is 1.02. The van der Waals surface area contributed by atoms with E-state index in [1.54, 1.807) is 0 Å². The molecule has 1 heterocycles. The Hall–Kier alpha value is -1.06. The van der Waals surface area contributed by atoms with Gasteiger partial charge in [0.25, 0.3) is 0 Å². The third-order valence-corrected chi connectivity index (χ3v) is 5.15. The van der Waals surface area contributed by atoms with Crippen molar-refractivity contribution in [3.05, 3.63) is 28.8 Å². The number of piperazine rings is 1. The molecule has 0 aromatic heterocycles. The van der Waals surface area contributed by atoms with Gasteiger partial charge in [-0.3, -0.25) is 4.90 Å². The van der Waals surface area contributed by atoms with E-state index in [9.17, 15) is 5.11 Å². The van der Waals surface area contributed by atoms with Gasteiger partial charge in [-0.25, -0.2) is 0 Å². The van der Waals surface area contributed by atoms with Crippen LogP contribution in [0.15, 0.2) is 12.1 Å². The zero-order chi connectivity index (χ0) is 18.1. The number of hydrogen-bond acceptors (Lipinski definition) is 3. The van der Waals surface area contributed by atoms with Crippen LogP contribution in [0, 0.1) is 0 Å². The molecule has 1 fully saturated rings. The predicted octanol–water partition coefficient (Wildman–Crippen LogP) is 4.34. The number of hydrogen-bond donors (Lipinski definition) is 2. The maximum absolute atomic E-state index is 11.1. The van der Waals surface area contributed by atoms with Gasteiger partial charge in [0.1, 0.15) is 5.75 Å². The Kier molecular flexibility index (Phi) is 5.66. The average Bonchev–Trinajstić information content (AvgIpc) is 2.48. The van der Waals surface area contributed by atoms with Crippen LogP contribution in [0.3, 0.4) is 0 Å². The van der Waals surface area contributed by atoms with Crippen molar-refractivity contribution in [3.8, 4) is 5.75 Å². The summed E-state index contributed by atoms with van der Waals surface area (Å²) in [7, 11) is 0. The van der Waals surface area contributed by atoms with Crippen LogP contribution in [0.25, 0.3) is 0 Å². The van der Waals surface area contributed by atoms with Crippen LogP contribution in [0.1, 0.15) is 77.6 Å². The van der Waals surface area contributed by atoms with Crippen LogP contribution < -0.4 is 5.32 Å². The van der Waals surface area contributed by atoms with Crippen LogP contribution in [0.4, 0.5) is 0 Å². The lowest BCUT2D eigenvalue weighted by atomic mass is 9.77. The SMILES string of the molecule is CC[C@H](c1cc(C(C)(C)C)cc(C(C)(C)C)c1O)N1CCNCC1. The van der Waals surface area contributed by atoms with E-state index in [2.05, 4.69) is 70.8 Å². The molecule has 136 valence electrons. The molecule has 0 aliphatic carbocycles. The monoisotopic (exact) mass is 332 g/mol. The smallest absolute Gasteiger partial charge is 0.124 e. The van der Waals surface area contributed by atoms with E-state index in [-0.39, 0.29) is 16.9 Å². The second-order valence-corrected chi connectivity index (χ2v) is 9.17. The summed E-state index contributed by atoms with van der Waals surface area (Å²) in [6, 6.07) is 4.75. The molecule has 0 spiro atoms. The fraction of sp³-hybridized carbons (Fsp3) is 0.714. The first-order valence-electron chi connectivity index (χ1n) is 9.38. The summed E-state index contributed by atoms with van der Waals surface area (Å²) < 4.78 is 0. The molecule has 1 aliphatic rings. The fourth-order valence-electron chi connectivity index (χ4n) is 3.58. The summed E-state index contributed by atoms with van der Waals surface area (Å²) in [5.74, 6) is 0.501. The molecule has 0 unspecified atom stereocenters. The molecule has 2 N–H and O–H groups in total. The second-order valence-electron chi connectivity index (χ2n) is 9.17. The highest BCUT2D eigenvalue weighted by Crippen LogP contribution is 2.42. The summed E-state index contributed by atoms with van der Waals surface area (Å²) >= 11 is 0. The van der Waals surface area contributed by atoms with E-state index in [0.29, 0.717) is 5.75 Å². The molecule has 24 heavy (non-hydrogen) atoms. The van der Waals surface area contributed by atoms with Gasteiger partial charge in [0, 0.05) is 37.8 Å². The molecule has 0 saturated carbocycles. The summed E-state index contributed by atoms with van der Waals surface area (Å²) in [6.45, 7) is 19.7. The Labute approximate surface area is 148 Å². The summed E-state index contributed by atoms with van der Waals surface area (Å²) in [5, 5.41) is 14.5. The minimum Gasteiger partial charge on any atom is -0.507 e. The van der Waals surface area contributed by atoms with E-state index in [1.807, 2.05) is 0 Å². The zero-order valence-electron chi connectivity index (χ0n) is 16.7. The fourth-order valence-corrected chi connectivity index (χ4v) is 3.58. The maximum Gasteiger partial charge on any atom is 0.124 e. The highest BCUT2D eigenvalue weighted by atomic mass is 16.3. The minimum atomic E-state index is -0.0676. The van der Waals surface area contributed by atoms with Crippen molar-refractivity contribution in [2.45, 2.75) is 71.8 Å². The number of nitrogens with zero attached hydrogens (tertiary/aromatic N) is 1. The molecule has 2 rings (SSSR count). The highest BCUT2D eigenvalue weighted by molar-refractivity contribution is 5.50. The Balaban J connectivity index is 2.57. The molecule has 3 heteroatoms. The molecular weight excluding hydrogens is 296 g/mol. The Morgan fingerprint density at radius 1 is 1.04 bits per heavy atom. The van der Waals surface area contributed by atoms with Gasteiger partial charge in [-0.15, -0.1) is 0 Å². The van der Waals surface area contributed by atoms with Crippen molar-refractivity contribution >= 4 is 0 Å². The van der Waals surface area contributed by atoms with Gasteiger partial charge in [-0.05, 0) is 34.4 Å². The Morgan fingerprint density at radius 2 is 1.62 bits per heavy atom.